The first-order valence-corrected chi connectivity index (χ1v) is 14.9. The molecule has 0 aromatic heterocycles. The molecule has 2 heterocycles. The molecule has 0 radical (unpaired) electrons. The fourth-order valence-corrected chi connectivity index (χ4v) is 6.63. The molecular formula is C38H29ClN2O3. The van der Waals surface area contributed by atoms with Gasteiger partial charge in [-0.3, -0.25) is 19.4 Å². The number of carbonyl (C=O) groups is 2. The summed E-state index contributed by atoms with van der Waals surface area (Å²) in [6, 6.07) is 43.2. The lowest BCUT2D eigenvalue weighted by Gasteiger charge is -2.47. The van der Waals surface area contributed by atoms with Gasteiger partial charge in [-0.05, 0) is 42.8 Å². The number of fused-ring (bicyclic) bond motifs is 3. The summed E-state index contributed by atoms with van der Waals surface area (Å²) in [6.45, 7) is 1.80. The highest BCUT2D eigenvalue weighted by Crippen LogP contribution is 2.55. The lowest BCUT2D eigenvalue weighted by molar-refractivity contribution is -0.122. The van der Waals surface area contributed by atoms with Gasteiger partial charge < -0.3 is 4.74 Å². The van der Waals surface area contributed by atoms with E-state index in [9.17, 15) is 9.59 Å². The first-order chi connectivity index (χ1) is 21.5. The minimum absolute atomic E-state index is 0.196. The van der Waals surface area contributed by atoms with E-state index >= 15 is 0 Å². The van der Waals surface area contributed by atoms with E-state index in [0.717, 1.165) is 16.7 Å². The molecule has 5 aromatic carbocycles. The Hall–Kier alpha value is -5.13. The van der Waals surface area contributed by atoms with Crippen LogP contribution >= 0.6 is 11.6 Å². The van der Waals surface area contributed by atoms with Crippen molar-refractivity contribution < 1.29 is 14.3 Å². The SMILES string of the molecule is CC1=C(c2ccccc2)O[C@@]2(c3ccccc3)C[C@H](c3ccccc3Cl)N(C(=O)c3ccccc3)c3ccccc3N2C1=O. The van der Waals surface area contributed by atoms with Gasteiger partial charge in [0.15, 0.2) is 0 Å². The zero-order valence-corrected chi connectivity index (χ0v) is 24.8. The van der Waals surface area contributed by atoms with Crippen molar-refractivity contribution in [1.82, 2.24) is 0 Å². The van der Waals surface area contributed by atoms with Gasteiger partial charge in [0.1, 0.15) is 5.76 Å². The summed E-state index contributed by atoms with van der Waals surface area (Å²) in [6.07, 6.45) is 0.212. The second kappa shape index (κ2) is 11.2. The van der Waals surface area contributed by atoms with Crippen LogP contribution in [-0.4, -0.2) is 11.8 Å². The van der Waals surface area contributed by atoms with Crippen LogP contribution in [0.4, 0.5) is 11.4 Å². The number of rotatable bonds is 4. The number of anilines is 2. The molecule has 0 bridgehead atoms. The number of carbonyl (C=O) groups excluding carboxylic acids is 2. The predicted molar refractivity (Wildman–Crippen MR) is 174 cm³/mol. The number of benzene rings is 5. The summed E-state index contributed by atoms with van der Waals surface area (Å²) < 4.78 is 7.20. The van der Waals surface area contributed by atoms with Crippen molar-refractivity contribution in [3.05, 3.63) is 172 Å². The van der Waals surface area contributed by atoms with Gasteiger partial charge >= 0.3 is 0 Å². The van der Waals surface area contributed by atoms with Gasteiger partial charge in [-0.15, -0.1) is 0 Å². The first-order valence-electron chi connectivity index (χ1n) is 14.6. The molecule has 0 aliphatic carbocycles. The molecule has 6 heteroatoms. The number of amides is 2. The molecule has 216 valence electrons. The van der Waals surface area contributed by atoms with Gasteiger partial charge in [0.05, 0.1) is 23.0 Å². The van der Waals surface area contributed by atoms with Crippen molar-refractivity contribution in [2.45, 2.75) is 25.1 Å². The van der Waals surface area contributed by atoms with Crippen molar-refractivity contribution in [3.63, 3.8) is 0 Å². The van der Waals surface area contributed by atoms with Gasteiger partial charge in [0.25, 0.3) is 11.8 Å². The Morgan fingerprint density at radius 2 is 1.32 bits per heavy atom. The van der Waals surface area contributed by atoms with Crippen LogP contribution in [0.3, 0.4) is 0 Å². The maximum absolute atomic E-state index is 14.8. The maximum Gasteiger partial charge on any atom is 0.261 e. The average molecular weight is 597 g/mol. The number of hydrogen-bond donors (Lipinski definition) is 0. The maximum atomic E-state index is 14.8. The monoisotopic (exact) mass is 596 g/mol. The van der Waals surface area contributed by atoms with Gasteiger partial charge in [0, 0.05) is 28.1 Å². The standard InChI is InChI=1S/C38H29ClN2O3/c1-26-35(27-15-5-2-6-16-27)44-38(29-19-9-4-10-20-29)25-34(30-21-11-12-22-31(30)39)40(37(43)28-17-7-3-8-18-28)32-23-13-14-24-33(32)41(38)36(26)42/h2-24,34H,25H2,1H3/t34-,38-/m1/s1. The molecule has 2 aliphatic rings. The Bertz CT molecular complexity index is 1890. The molecule has 5 aromatic rings. The number of nitrogens with zero attached hydrogens (tertiary/aromatic N) is 2. The van der Waals surface area contributed by atoms with Crippen molar-refractivity contribution >= 4 is 40.5 Å². The number of ether oxygens (including phenoxy) is 1. The highest BCUT2D eigenvalue weighted by atomic mass is 35.5. The number of hydrogen-bond acceptors (Lipinski definition) is 3. The van der Waals surface area contributed by atoms with Gasteiger partial charge in [-0.2, -0.15) is 0 Å². The molecular weight excluding hydrogens is 568 g/mol. The van der Waals surface area contributed by atoms with Gasteiger partial charge in [-0.25, -0.2) is 0 Å². The van der Waals surface area contributed by atoms with Crippen LogP contribution in [0.25, 0.3) is 5.76 Å². The fourth-order valence-electron chi connectivity index (χ4n) is 6.37. The topological polar surface area (TPSA) is 49.9 Å². The Labute approximate surface area is 261 Å². The van der Waals surface area contributed by atoms with Crippen LogP contribution in [0, 0.1) is 0 Å². The molecule has 44 heavy (non-hydrogen) atoms. The van der Waals surface area contributed by atoms with Crippen LogP contribution in [0.5, 0.6) is 0 Å². The lowest BCUT2D eigenvalue weighted by Crippen LogP contribution is -2.55. The summed E-state index contributed by atoms with van der Waals surface area (Å²) in [5.41, 5.74) is 3.20. The first kappa shape index (κ1) is 27.7. The molecule has 2 atom stereocenters. The molecule has 2 aliphatic heterocycles. The van der Waals surface area contributed by atoms with Crippen molar-refractivity contribution in [2.75, 3.05) is 9.80 Å². The minimum Gasteiger partial charge on any atom is -0.462 e. The Morgan fingerprint density at radius 1 is 0.750 bits per heavy atom. The fraction of sp³-hybridized carbons (Fsp3) is 0.105. The summed E-state index contributed by atoms with van der Waals surface area (Å²) in [5, 5.41) is 0.523. The predicted octanol–water partition coefficient (Wildman–Crippen LogP) is 8.78. The molecule has 0 spiro atoms. The third-order valence-corrected chi connectivity index (χ3v) is 8.77. The van der Waals surface area contributed by atoms with E-state index in [1.807, 2.05) is 127 Å². The van der Waals surface area contributed by atoms with Crippen molar-refractivity contribution in [3.8, 4) is 0 Å². The lowest BCUT2D eigenvalue weighted by atomic mass is 9.87. The summed E-state index contributed by atoms with van der Waals surface area (Å²) in [7, 11) is 0. The molecule has 0 saturated heterocycles. The highest BCUT2D eigenvalue weighted by Gasteiger charge is 2.55. The normalized spacial score (nSPS) is 19.5. The molecule has 0 saturated carbocycles. The molecule has 0 fully saturated rings. The Kier molecular flexibility index (Phi) is 7.03. The number of halogens is 1. The van der Waals surface area contributed by atoms with Gasteiger partial charge in [0.2, 0.25) is 5.72 Å². The molecule has 5 nitrogen and oxygen atoms in total. The van der Waals surface area contributed by atoms with E-state index in [0.29, 0.717) is 33.3 Å². The van der Waals surface area contributed by atoms with E-state index in [2.05, 4.69) is 0 Å². The van der Waals surface area contributed by atoms with Crippen LogP contribution in [-0.2, 0) is 15.3 Å². The largest absolute Gasteiger partial charge is 0.462 e. The Balaban J connectivity index is 1.56. The second-order valence-electron chi connectivity index (χ2n) is 11.0. The van der Waals surface area contributed by atoms with E-state index < -0.39 is 11.8 Å². The van der Waals surface area contributed by atoms with Crippen LogP contribution in [0.1, 0.15) is 46.4 Å². The minimum atomic E-state index is -1.32. The summed E-state index contributed by atoms with van der Waals surface area (Å²) >= 11 is 6.93. The smallest absolute Gasteiger partial charge is 0.261 e. The van der Waals surface area contributed by atoms with E-state index in [4.69, 9.17) is 16.3 Å². The van der Waals surface area contributed by atoms with E-state index in [-0.39, 0.29) is 18.2 Å². The zero-order chi connectivity index (χ0) is 30.3. The van der Waals surface area contributed by atoms with Gasteiger partial charge in [-0.1, -0.05) is 121 Å². The average Bonchev–Trinajstić information content (AvgIpc) is 3.21. The highest BCUT2D eigenvalue weighted by molar-refractivity contribution is 6.31. The summed E-state index contributed by atoms with van der Waals surface area (Å²) in [4.78, 5) is 32.9. The van der Waals surface area contributed by atoms with E-state index in [1.54, 1.807) is 28.9 Å². The quantitative estimate of drug-likeness (QED) is 0.208. The second-order valence-corrected chi connectivity index (χ2v) is 11.4. The number of para-hydroxylation sites is 2. The molecule has 7 rings (SSSR count). The third-order valence-electron chi connectivity index (χ3n) is 8.43. The van der Waals surface area contributed by atoms with Crippen molar-refractivity contribution in [2.24, 2.45) is 0 Å². The van der Waals surface area contributed by atoms with Crippen LogP contribution in [0.2, 0.25) is 5.02 Å². The Morgan fingerprint density at radius 3 is 2.00 bits per heavy atom. The van der Waals surface area contributed by atoms with Crippen LogP contribution < -0.4 is 9.80 Å². The third kappa shape index (κ3) is 4.48. The van der Waals surface area contributed by atoms with Crippen molar-refractivity contribution in [1.29, 1.82) is 0 Å². The summed E-state index contributed by atoms with van der Waals surface area (Å²) in [5.74, 6) is 0.110. The zero-order valence-electron chi connectivity index (χ0n) is 24.1. The molecule has 0 N–H and O–H groups in total. The van der Waals surface area contributed by atoms with Crippen LogP contribution in [0.15, 0.2) is 145 Å². The molecule has 2 amide bonds. The molecule has 0 unspecified atom stereocenters. The van der Waals surface area contributed by atoms with E-state index in [1.165, 1.54) is 0 Å².